The van der Waals surface area contributed by atoms with Gasteiger partial charge in [0.05, 0.1) is 11.4 Å². The van der Waals surface area contributed by atoms with Crippen LogP contribution in [0.5, 0.6) is 0 Å². The van der Waals surface area contributed by atoms with Crippen molar-refractivity contribution < 1.29 is 26.2 Å². The van der Waals surface area contributed by atoms with Gasteiger partial charge in [-0.05, 0) is 29.5 Å². The molecule has 0 saturated heterocycles. The van der Waals surface area contributed by atoms with E-state index in [9.17, 15) is 0 Å². The third-order valence-corrected chi connectivity index (χ3v) is 8.49. The second kappa shape index (κ2) is 22.8. The number of aryl methyl sites for hydroxylation is 1. The Bertz CT molecular complexity index is 1910. The number of rotatable bonds is 7. The van der Waals surface area contributed by atoms with Gasteiger partial charge in [0, 0.05) is 7.05 Å². The van der Waals surface area contributed by atoms with Crippen LogP contribution < -0.4 is 0 Å². The molecule has 6 aromatic carbocycles. The van der Waals surface area contributed by atoms with E-state index in [-0.39, 0.29) is 32.2 Å². The van der Waals surface area contributed by atoms with Crippen molar-refractivity contribution in [2.75, 3.05) is 0 Å². The molecule has 1 atom stereocenters. The van der Waals surface area contributed by atoms with E-state index in [1.54, 1.807) is 0 Å². The average molecular weight is 787 g/mol. The maximum Gasteiger partial charge on any atom is 3.00 e. The van der Waals surface area contributed by atoms with Crippen molar-refractivity contribution in [3.05, 3.63) is 241 Å². The summed E-state index contributed by atoms with van der Waals surface area (Å²) >= 11 is 0. The molecule has 0 N–H and O–H groups in total. The van der Waals surface area contributed by atoms with Gasteiger partial charge in [-0.1, -0.05) is 141 Å². The third kappa shape index (κ3) is 13.7. The van der Waals surface area contributed by atoms with Crippen LogP contribution in [0, 0.1) is 20.8 Å². The Kier molecular flexibility index (Phi) is 18.2. The molecule has 0 fully saturated rings. The minimum absolute atomic E-state index is 0. The Morgan fingerprint density at radius 1 is 0.500 bits per heavy atom. The van der Waals surface area contributed by atoms with Crippen LogP contribution in [-0.4, -0.2) is 9.78 Å². The van der Waals surface area contributed by atoms with Crippen molar-refractivity contribution in [2.45, 2.75) is 45.6 Å². The Morgan fingerprint density at radius 2 is 0.870 bits per heavy atom. The summed E-state index contributed by atoms with van der Waals surface area (Å²) in [6, 6.07) is 59.2. The molecule has 7 aromatic rings. The number of hydrogen-bond donors (Lipinski definition) is 0. The van der Waals surface area contributed by atoms with E-state index in [0.29, 0.717) is 11.8 Å². The zero-order valence-corrected chi connectivity index (χ0v) is 34.9. The fourth-order valence-corrected chi connectivity index (χ4v) is 5.67. The quantitative estimate of drug-likeness (QED) is 0.148. The maximum absolute atomic E-state index is 5.41. The van der Waals surface area contributed by atoms with Crippen molar-refractivity contribution in [1.29, 1.82) is 0 Å². The molecule has 0 aliphatic rings. The molecule has 1 heterocycles. The molecular weight excluding hydrogens is 734 g/mol. The topological polar surface area (TPSA) is 31.9 Å². The molecule has 0 saturated carbocycles. The first kappa shape index (κ1) is 43.2. The molecule has 0 bridgehead atoms. The Balaban J connectivity index is 0.000000285. The summed E-state index contributed by atoms with van der Waals surface area (Å²) in [6.45, 7) is 20.1. The van der Waals surface area contributed by atoms with Crippen LogP contribution in [0.15, 0.2) is 176 Å². The predicted molar refractivity (Wildman–Crippen MR) is 227 cm³/mol. The summed E-state index contributed by atoms with van der Waals surface area (Å²) in [5.74, 6) is 0.792. The van der Waals surface area contributed by atoms with Crippen LogP contribution in [0.3, 0.4) is 0 Å². The van der Waals surface area contributed by atoms with E-state index in [1.807, 2.05) is 109 Å². The van der Waals surface area contributed by atoms with Crippen LogP contribution in [0.1, 0.15) is 84.6 Å². The second-order valence-corrected chi connectivity index (χ2v) is 13.4. The molecule has 54 heavy (non-hydrogen) atoms. The Morgan fingerprint density at radius 3 is 1.22 bits per heavy atom. The average Bonchev–Trinajstić information content (AvgIpc) is 3.57. The van der Waals surface area contributed by atoms with Gasteiger partial charge >= 0.3 is 26.2 Å². The fourth-order valence-electron chi connectivity index (χ4n) is 5.67. The molecule has 0 aliphatic heterocycles. The van der Waals surface area contributed by atoms with E-state index in [4.69, 9.17) is 10.4 Å². The number of benzene rings is 6. The zero-order valence-electron chi connectivity index (χ0n) is 32.4. The van der Waals surface area contributed by atoms with Gasteiger partial charge in [0.25, 0.3) is 0 Å². The summed E-state index contributed by atoms with van der Waals surface area (Å²) in [6.07, 6.45) is 0. The third-order valence-electron chi connectivity index (χ3n) is 8.49. The molecule has 1 aromatic heterocycles. The zero-order chi connectivity index (χ0) is 38.0. The summed E-state index contributed by atoms with van der Waals surface area (Å²) < 4.78 is 1.97. The van der Waals surface area contributed by atoms with Crippen LogP contribution in [0.2, 0.25) is 0 Å². The minimum atomic E-state index is -0.169. The van der Waals surface area contributed by atoms with Gasteiger partial charge in [-0.25, -0.2) is 0 Å². The number of hydrogen-bond acceptors (Lipinski definition) is 1. The van der Waals surface area contributed by atoms with Crippen LogP contribution in [0.25, 0.3) is 16.6 Å². The summed E-state index contributed by atoms with van der Waals surface area (Å²) in [4.78, 5) is 0. The standard InChI is InChI=1S/C29H32N3.3C7H7.Zr/c1-20(2)24-17-12-18-25(21(3)4)29(24)30-28(23-15-10-7-11-16-23)26-19-27(32(5)31-26)22-13-8-6-9-14-22;3*1-7-5-3-2-4-6-7;/h6-21,28H,1-5H3;3*2-6H,1H2;/q4*-1;+3. The van der Waals surface area contributed by atoms with Crippen LogP contribution in [0.4, 0.5) is 5.69 Å². The number of para-hydroxylation sites is 1. The molecule has 3 nitrogen and oxygen atoms in total. The van der Waals surface area contributed by atoms with Crippen molar-refractivity contribution in [1.82, 2.24) is 9.78 Å². The van der Waals surface area contributed by atoms with Gasteiger partial charge in [0.1, 0.15) is 0 Å². The summed E-state index contributed by atoms with van der Waals surface area (Å²) in [5, 5.41) is 10.3. The van der Waals surface area contributed by atoms with Crippen molar-refractivity contribution in [3.63, 3.8) is 0 Å². The number of nitrogens with zero attached hydrogens (tertiary/aromatic N) is 3. The molecular formula is C50H53N3Zr-. The maximum atomic E-state index is 5.41. The molecule has 1 radical (unpaired) electrons. The van der Waals surface area contributed by atoms with E-state index < -0.39 is 0 Å². The van der Waals surface area contributed by atoms with Gasteiger partial charge in [-0.15, -0.1) is 42.1 Å². The van der Waals surface area contributed by atoms with E-state index in [0.717, 1.165) is 44.9 Å². The molecule has 4 heteroatoms. The molecule has 7 rings (SSSR count). The minimum Gasteiger partial charge on any atom is -0.673 e. The molecule has 1 unspecified atom stereocenters. The van der Waals surface area contributed by atoms with Crippen LogP contribution >= 0.6 is 0 Å². The van der Waals surface area contributed by atoms with E-state index in [2.05, 4.69) is 127 Å². The molecule has 0 amide bonds. The van der Waals surface area contributed by atoms with Crippen molar-refractivity contribution in [3.8, 4) is 11.3 Å². The first-order chi connectivity index (χ1) is 25.6. The summed E-state index contributed by atoms with van der Waals surface area (Å²) in [5.41, 5.74) is 11.3. The van der Waals surface area contributed by atoms with Crippen molar-refractivity contribution in [2.24, 2.45) is 7.05 Å². The van der Waals surface area contributed by atoms with Gasteiger partial charge in [0.15, 0.2) is 0 Å². The fraction of sp³-hybridized carbons (Fsp3) is 0.160. The molecule has 0 spiro atoms. The monoisotopic (exact) mass is 785 g/mol. The molecule has 0 aliphatic carbocycles. The smallest absolute Gasteiger partial charge is 0.673 e. The Labute approximate surface area is 344 Å². The van der Waals surface area contributed by atoms with Gasteiger partial charge in [-0.2, -0.15) is 79.0 Å². The molecule has 273 valence electrons. The Hall–Kier alpha value is -5.18. The van der Waals surface area contributed by atoms with Gasteiger partial charge < -0.3 is 5.32 Å². The first-order valence-electron chi connectivity index (χ1n) is 18.2. The first-order valence-corrected chi connectivity index (χ1v) is 18.2. The van der Waals surface area contributed by atoms with Gasteiger partial charge in [0.2, 0.25) is 0 Å². The predicted octanol–water partition coefficient (Wildman–Crippen LogP) is 13.7. The van der Waals surface area contributed by atoms with E-state index >= 15 is 0 Å². The number of aromatic nitrogens is 2. The SMILES string of the molecule is CC(C)c1cccc(C(C)C)c1[N-]C(c1ccccc1)c1cc(-c2ccccc2)n(C)n1.[CH2-]c1ccccc1.[CH2-]c1ccccc1.[CH2-]c1ccccc1.[Zr+3]. The second-order valence-electron chi connectivity index (χ2n) is 13.4. The van der Waals surface area contributed by atoms with Crippen molar-refractivity contribution >= 4 is 5.69 Å². The van der Waals surface area contributed by atoms with E-state index in [1.165, 1.54) is 11.1 Å². The normalized spacial score (nSPS) is 10.6. The van der Waals surface area contributed by atoms with Crippen LogP contribution in [-0.2, 0) is 33.3 Å². The largest absolute Gasteiger partial charge is 3.00 e. The summed E-state index contributed by atoms with van der Waals surface area (Å²) in [7, 11) is 2.01. The van der Waals surface area contributed by atoms with Gasteiger partial charge in [-0.3, -0.25) is 4.68 Å².